The first kappa shape index (κ1) is 11.0. The van der Waals surface area contributed by atoms with Crippen molar-refractivity contribution in [1.29, 1.82) is 0 Å². The lowest BCUT2D eigenvalue weighted by molar-refractivity contribution is 0.122. The van der Waals surface area contributed by atoms with Crippen molar-refractivity contribution in [2.45, 2.75) is 32.1 Å². The third-order valence-electron chi connectivity index (χ3n) is 4.01. The van der Waals surface area contributed by atoms with E-state index in [0.717, 1.165) is 37.9 Å². The number of hydrogen-bond acceptors (Lipinski definition) is 3. The average Bonchev–Trinajstić information content (AvgIpc) is 2.30. The van der Waals surface area contributed by atoms with E-state index in [9.17, 15) is 0 Å². The molecular weight excluding hydrogens is 212 g/mol. The van der Waals surface area contributed by atoms with Crippen LogP contribution in [0.3, 0.4) is 0 Å². The lowest BCUT2D eigenvalue weighted by Crippen LogP contribution is -2.36. The highest BCUT2D eigenvalue weighted by Gasteiger charge is 2.22. The minimum Gasteiger partial charge on any atom is -0.378 e. The summed E-state index contributed by atoms with van der Waals surface area (Å²) in [5, 5.41) is 0. The van der Waals surface area contributed by atoms with Gasteiger partial charge in [0.05, 0.1) is 24.6 Å². The number of hydrogen-bond donors (Lipinski definition) is 0. The fraction of sp³-hybridized carbons (Fsp3) is 0.643. The van der Waals surface area contributed by atoms with Crippen molar-refractivity contribution in [3.8, 4) is 0 Å². The highest BCUT2D eigenvalue weighted by atomic mass is 16.5. The molecule has 2 aliphatic rings. The largest absolute Gasteiger partial charge is 0.378 e. The summed E-state index contributed by atoms with van der Waals surface area (Å²) in [6.07, 6.45) is 6.13. The summed E-state index contributed by atoms with van der Waals surface area (Å²) < 4.78 is 5.41. The molecule has 0 bridgehead atoms. The van der Waals surface area contributed by atoms with Gasteiger partial charge in [-0.25, -0.2) is 0 Å². The predicted octanol–water partition coefficient (Wildman–Crippen LogP) is 2.49. The number of nitrogens with zero attached hydrogens (tertiary/aromatic N) is 2. The molecule has 0 aromatic carbocycles. The van der Waals surface area contributed by atoms with E-state index in [1.807, 2.05) is 0 Å². The predicted molar refractivity (Wildman–Crippen MR) is 68.6 cm³/mol. The Morgan fingerprint density at radius 1 is 1.29 bits per heavy atom. The van der Waals surface area contributed by atoms with E-state index in [1.165, 1.54) is 30.5 Å². The summed E-state index contributed by atoms with van der Waals surface area (Å²) >= 11 is 0. The molecule has 0 radical (unpaired) electrons. The summed E-state index contributed by atoms with van der Waals surface area (Å²) in [5.74, 6) is 0.767. The average molecular weight is 232 g/mol. The van der Waals surface area contributed by atoms with Gasteiger partial charge in [-0.05, 0) is 37.3 Å². The molecule has 0 unspecified atom stereocenters. The highest BCUT2D eigenvalue weighted by Crippen LogP contribution is 2.37. The molecule has 3 heteroatoms. The molecule has 0 spiro atoms. The topological polar surface area (TPSA) is 25.4 Å². The molecule has 3 rings (SSSR count). The fourth-order valence-corrected chi connectivity index (χ4v) is 2.63. The zero-order chi connectivity index (χ0) is 11.7. The van der Waals surface area contributed by atoms with Gasteiger partial charge in [-0.15, -0.1) is 0 Å². The van der Waals surface area contributed by atoms with Crippen LogP contribution in [-0.2, 0) is 4.74 Å². The maximum absolute atomic E-state index is 5.41. The van der Waals surface area contributed by atoms with Gasteiger partial charge in [0.25, 0.3) is 0 Å². The number of rotatable bonds is 2. The number of morpholine rings is 1. The van der Waals surface area contributed by atoms with E-state index in [-0.39, 0.29) is 0 Å². The summed E-state index contributed by atoms with van der Waals surface area (Å²) in [7, 11) is 0. The van der Waals surface area contributed by atoms with E-state index < -0.39 is 0 Å². The second-order valence-electron chi connectivity index (χ2n) is 5.10. The molecule has 0 N–H and O–H groups in total. The van der Waals surface area contributed by atoms with Gasteiger partial charge < -0.3 is 9.64 Å². The lowest BCUT2D eigenvalue weighted by Gasteiger charge is -2.32. The Morgan fingerprint density at radius 2 is 2.06 bits per heavy atom. The smallest absolute Gasteiger partial charge is 0.0642 e. The van der Waals surface area contributed by atoms with Gasteiger partial charge in [-0.1, -0.05) is 6.42 Å². The first-order valence-electron chi connectivity index (χ1n) is 6.64. The third-order valence-corrected chi connectivity index (χ3v) is 4.01. The molecule has 1 saturated heterocycles. The van der Waals surface area contributed by atoms with Gasteiger partial charge in [-0.2, -0.15) is 0 Å². The van der Waals surface area contributed by atoms with E-state index in [1.54, 1.807) is 0 Å². The van der Waals surface area contributed by atoms with Gasteiger partial charge in [0.2, 0.25) is 0 Å². The summed E-state index contributed by atoms with van der Waals surface area (Å²) in [5.41, 5.74) is 3.90. The van der Waals surface area contributed by atoms with Crippen molar-refractivity contribution < 1.29 is 4.74 Å². The first-order chi connectivity index (χ1) is 8.34. The second-order valence-corrected chi connectivity index (χ2v) is 5.10. The SMILES string of the molecule is Cc1ncc(C2CCC2)cc1N1CCOCC1. The maximum Gasteiger partial charge on any atom is 0.0642 e. The van der Waals surface area contributed by atoms with Gasteiger partial charge >= 0.3 is 0 Å². The molecule has 2 fully saturated rings. The Morgan fingerprint density at radius 3 is 2.71 bits per heavy atom. The van der Waals surface area contributed by atoms with Crippen LogP contribution in [0.1, 0.15) is 36.4 Å². The first-order valence-corrected chi connectivity index (χ1v) is 6.64. The Hall–Kier alpha value is -1.09. The molecule has 1 saturated carbocycles. The van der Waals surface area contributed by atoms with Crippen molar-refractivity contribution in [2.24, 2.45) is 0 Å². The van der Waals surface area contributed by atoms with Crippen LogP contribution < -0.4 is 4.90 Å². The Labute approximate surface area is 103 Å². The monoisotopic (exact) mass is 232 g/mol. The quantitative estimate of drug-likeness (QED) is 0.783. The Balaban J connectivity index is 1.85. The minimum absolute atomic E-state index is 0.767. The maximum atomic E-state index is 5.41. The van der Waals surface area contributed by atoms with E-state index in [4.69, 9.17) is 4.74 Å². The van der Waals surface area contributed by atoms with Gasteiger partial charge in [0.1, 0.15) is 0 Å². The lowest BCUT2D eigenvalue weighted by atomic mass is 9.80. The second kappa shape index (κ2) is 4.65. The van der Waals surface area contributed by atoms with Crippen LogP contribution in [0.4, 0.5) is 5.69 Å². The van der Waals surface area contributed by atoms with Crippen LogP contribution in [0.5, 0.6) is 0 Å². The molecular formula is C14H20N2O. The van der Waals surface area contributed by atoms with Crippen LogP contribution in [-0.4, -0.2) is 31.3 Å². The number of pyridine rings is 1. The highest BCUT2D eigenvalue weighted by molar-refractivity contribution is 5.52. The van der Waals surface area contributed by atoms with Gasteiger partial charge in [-0.3, -0.25) is 4.98 Å². The van der Waals surface area contributed by atoms with Crippen LogP contribution in [0.2, 0.25) is 0 Å². The van der Waals surface area contributed by atoms with E-state index in [0.29, 0.717) is 0 Å². The molecule has 2 heterocycles. The standard InChI is InChI=1S/C14H20N2O/c1-11-14(16-5-7-17-8-6-16)9-13(10-15-11)12-3-2-4-12/h9-10,12H,2-8H2,1H3. The van der Waals surface area contributed by atoms with Crippen LogP contribution in [0, 0.1) is 6.92 Å². The zero-order valence-electron chi connectivity index (χ0n) is 10.5. The Bertz CT molecular complexity index is 395. The molecule has 0 amide bonds. The molecule has 17 heavy (non-hydrogen) atoms. The zero-order valence-corrected chi connectivity index (χ0v) is 10.5. The van der Waals surface area contributed by atoms with E-state index >= 15 is 0 Å². The van der Waals surface area contributed by atoms with Crippen LogP contribution in [0.25, 0.3) is 0 Å². The van der Waals surface area contributed by atoms with Crippen molar-refractivity contribution in [2.75, 3.05) is 31.2 Å². The fourth-order valence-electron chi connectivity index (χ4n) is 2.63. The van der Waals surface area contributed by atoms with Crippen molar-refractivity contribution >= 4 is 5.69 Å². The van der Waals surface area contributed by atoms with Crippen LogP contribution in [0.15, 0.2) is 12.3 Å². The number of ether oxygens (including phenoxy) is 1. The van der Waals surface area contributed by atoms with Gasteiger partial charge in [0, 0.05) is 19.3 Å². The van der Waals surface area contributed by atoms with Crippen molar-refractivity contribution in [3.63, 3.8) is 0 Å². The summed E-state index contributed by atoms with van der Waals surface area (Å²) in [6.45, 7) is 5.78. The van der Waals surface area contributed by atoms with Crippen LogP contribution >= 0.6 is 0 Å². The number of anilines is 1. The number of aryl methyl sites for hydroxylation is 1. The number of aromatic nitrogens is 1. The molecule has 1 aliphatic heterocycles. The summed E-state index contributed by atoms with van der Waals surface area (Å²) in [6, 6.07) is 2.36. The molecule has 1 aromatic heterocycles. The minimum atomic E-state index is 0.767. The van der Waals surface area contributed by atoms with Crippen molar-refractivity contribution in [1.82, 2.24) is 4.98 Å². The normalized spacial score (nSPS) is 21.4. The Kier molecular flexibility index (Phi) is 3.02. The molecule has 1 aliphatic carbocycles. The summed E-state index contributed by atoms with van der Waals surface area (Å²) in [4.78, 5) is 6.99. The van der Waals surface area contributed by atoms with Gasteiger partial charge in [0.15, 0.2) is 0 Å². The molecule has 0 atom stereocenters. The van der Waals surface area contributed by atoms with E-state index in [2.05, 4.69) is 29.1 Å². The molecule has 1 aromatic rings. The molecule has 3 nitrogen and oxygen atoms in total. The molecule has 92 valence electrons. The van der Waals surface area contributed by atoms with Crippen molar-refractivity contribution in [3.05, 3.63) is 23.5 Å². The third kappa shape index (κ3) is 2.16.